The number of anilines is 2. The molecule has 6 heteroatoms. The maximum absolute atomic E-state index is 5.33. The van der Waals surface area contributed by atoms with Crippen molar-refractivity contribution in [2.75, 3.05) is 4.90 Å². The molecular weight excluding hydrogens is 715 g/mol. The number of para-hydroxylation sites is 2. The summed E-state index contributed by atoms with van der Waals surface area (Å²) in [5, 5.41) is 4.90. The summed E-state index contributed by atoms with van der Waals surface area (Å²) in [4.78, 5) is 18.4. The second kappa shape index (κ2) is 13.0. The van der Waals surface area contributed by atoms with E-state index in [1.54, 1.807) is 0 Å². The Morgan fingerprint density at radius 2 is 1.37 bits per heavy atom. The van der Waals surface area contributed by atoms with Crippen LogP contribution in [0, 0.1) is 0 Å². The van der Waals surface area contributed by atoms with Gasteiger partial charge in [-0.15, -0.1) is 11.3 Å². The van der Waals surface area contributed by atoms with E-state index in [1.807, 2.05) is 17.4 Å². The van der Waals surface area contributed by atoms with Crippen molar-refractivity contribution in [2.45, 2.75) is 37.6 Å². The van der Waals surface area contributed by atoms with Crippen LogP contribution in [0.1, 0.15) is 43.0 Å². The van der Waals surface area contributed by atoms with Gasteiger partial charge in [0, 0.05) is 71.0 Å². The first-order valence-electron chi connectivity index (χ1n) is 20.0. The summed E-state index contributed by atoms with van der Waals surface area (Å²) in [6, 6.07) is 48.8. The first-order valence-corrected chi connectivity index (χ1v) is 20.8. The topological polar surface area (TPSA) is 46.8 Å². The highest BCUT2D eigenvalue weighted by Crippen LogP contribution is 2.54. The average molecular weight is 752 g/mol. The van der Waals surface area contributed by atoms with Gasteiger partial charge in [0.25, 0.3) is 0 Å². The van der Waals surface area contributed by atoms with E-state index in [1.165, 1.54) is 58.9 Å². The lowest BCUT2D eigenvalue weighted by molar-refractivity contribution is 0.565. The lowest BCUT2D eigenvalue weighted by Gasteiger charge is -2.31. The second-order valence-corrected chi connectivity index (χ2v) is 16.4. The van der Waals surface area contributed by atoms with Gasteiger partial charge in [-0.1, -0.05) is 127 Å². The molecule has 0 fully saturated rings. The van der Waals surface area contributed by atoms with Crippen LogP contribution in [0.2, 0.25) is 0 Å². The monoisotopic (exact) mass is 751 g/mol. The van der Waals surface area contributed by atoms with E-state index >= 15 is 0 Å². The molecule has 0 spiro atoms. The number of aromatic nitrogens is 4. The Kier molecular flexibility index (Phi) is 7.42. The van der Waals surface area contributed by atoms with Crippen molar-refractivity contribution >= 4 is 70.3 Å². The first kappa shape index (κ1) is 32.6. The van der Waals surface area contributed by atoms with E-state index in [9.17, 15) is 0 Å². The Labute approximate surface area is 334 Å². The van der Waals surface area contributed by atoms with Crippen molar-refractivity contribution in [3.8, 4) is 28.5 Å². The lowest BCUT2D eigenvalue weighted by atomic mass is 9.87. The fraction of sp³-hybridized carbons (Fsp3) is 0.118. The van der Waals surface area contributed by atoms with Crippen molar-refractivity contribution in [3.63, 3.8) is 0 Å². The fourth-order valence-corrected chi connectivity index (χ4v) is 10.8. The molecule has 5 nitrogen and oxygen atoms in total. The Balaban J connectivity index is 1.19. The molecule has 6 aromatic carbocycles. The van der Waals surface area contributed by atoms with Crippen LogP contribution in [-0.4, -0.2) is 25.6 Å². The Bertz CT molecular complexity index is 3150. The third-order valence-corrected chi connectivity index (χ3v) is 13.2. The maximum atomic E-state index is 5.33. The van der Waals surface area contributed by atoms with Crippen LogP contribution in [0.5, 0.6) is 0 Å². The van der Waals surface area contributed by atoms with Gasteiger partial charge in [0.2, 0.25) is 0 Å². The Morgan fingerprint density at radius 1 is 0.596 bits per heavy atom. The van der Waals surface area contributed by atoms with Gasteiger partial charge in [-0.3, -0.25) is 0 Å². The van der Waals surface area contributed by atoms with Crippen LogP contribution in [-0.2, 0) is 0 Å². The molecule has 1 aliphatic heterocycles. The molecule has 3 aliphatic rings. The molecule has 57 heavy (non-hydrogen) atoms. The molecule has 12 rings (SSSR count). The van der Waals surface area contributed by atoms with E-state index in [4.69, 9.17) is 15.0 Å². The molecule has 0 saturated carbocycles. The number of rotatable bonds is 5. The summed E-state index contributed by atoms with van der Waals surface area (Å²) in [7, 11) is 0. The van der Waals surface area contributed by atoms with Gasteiger partial charge in [-0.2, -0.15) is 0 Å². The Morgan fingerprint density at radius 3 is 2.23 bits per heavy atom. The predicted molar refractivity (Wildman–Crippen MR) is 238 cm³/mol. The van der Waals surface area contributed by atoms with Crippen LogP contribution in [0.4, 0.5) is 11.4 Å². The molecule has 272 valence electrons. The number of thiophene rings is 1. The van der Waals surface area contributed by atoms with Crippen molar-refractivity contribution < 1.29 is 0 Å². The number of fused-ring (bicyclic) bond motifs is 10. The molecule has 0 amide bonds. The zero-order valence-corrected chi connectivity index (χ0v) is 32.0. The number of hydrogen-bond acceptors (Lipinski definition) is 5. The minimum absolute atomic E-state index is 0.327. The highest BCUT2D eigenvalue weighted by Gasteiger charge is 2.41. The third-order valence-electron chi connectivity index (χ3n) is 12.1. The molecule has 2 unspecified atom stereocenters. The van der Waals surface area contributed by atoms with E-state index in [-0.39, 0.29) is 0 Å². The minimum Gasteiger partial charge on any atom is -0.335 e. The van der Waals surface area contributed by atoms with E-state index in [2.05, 4.69) is 167 Å². The van der Waals surface area contributed by atoms with Gasteiger partial charge in [-0.05, 0) is 67.6 Å². The summed E-state index contributed by atoms with van der Waals surface area (Å²) in [5.74, 6) is 2.39. The third kappa shape index (κ3) is 5.10. The largest absolute Gasteiger partial charge is 0.335 e. The zero-order chi connectivity index (χ0) is 37.5. The molecule has 0 radical (unpaired) electrons. The van der Waals surface area contributed by atoms with Crippen LogP contribution >= 0.6 is 11.3 Å². The number of nitrogens with zero attached hydrogens (tertiary/aromatic N) is 5. The molecule has 4 heterocycles. The van der Waals surface area contributed by atoms with Gasteiger partial charge in [-0.25, -0.2) is 15.0 Å². The molecule has 0 bridgehead atoms. The highest BCUT2D eigenvalue weighted by atomic mass is 32.1. The number of hydrogen-bond donors (Lipinski definition) is 0. The zero-order valence-electron chi connectivity index (χ0n) is 31.2. The summed E-state index contributed by atoms with van der Waals surface area (Å²) in [5.41, 5.74) is 10.5. The normalized spacial score (nSPS) is 17.5. The maximum Gasteiger partial charge on any atom is 0.164 e. The summed E-state index contributed by atoms with van der Waals surface area (Å²) >= 11 is 1.84. The first-order chi connectivity index (χ1) is 28.3. The van der Waals surface area contributed by atoms with Crippen LogP contribution < -0.4 is 4.90 Å². The van der Waals surface area contributed by atoms with Gasteiger partial charge in [0.15, 0.2) is 17.5 Å². The van der Waals surface area contributed by atoms with Gasteiger partial charge < -0.3 is 9.47 Å². The van der Waals surface area contributed by atoms with E-state index in [0.717, 1.165) is 48.1 Å². The van der Waals surface area contributed by atoms with Gasteiger partial charge in [0.05, 0.1) is 16.7 Å². The summed E-state index contributed by atoms with van der Waals surface area (Å²) < 4.78 is 4.98. The van der Waals surface area contributed by atoms with Gasteiger partial charge >= 0.3 is 0 Å². The lowest BCUT2D eigenvalue weighted by Crippen LogP contribution is -2.31. The van der Waals surface area contributed by atoms with Crippen molar-refractivity contribution in [1.29, 1.82) is 0 Å². The molecule has 0 saturated heterocycles. The second-order valence-electron chi connectivity index (χ2n) is 15.3. The van der Waals surface area contributed by atoms with Crippen LogP contribution in [0.25, 0.3) is 76.0 Å². The van der Waals surface area contributed by atoms with Crippen LogP contribution in [0.15, 0.2) is 164 Å². The summed E-state index contributed by atoms with van der Waals surface area (Å²) in [6.45, 7) is 0. The minimum atomic E-state index is 0.327. The molecule has 3 aromatic heterocycles. The quantitative estimate of drug-likeness (QED) is 0.164. The highest BCUT2D eigenvalue weighted by molar-refractivity contribution is 7.26. The predicted octanol–water partition coefficient (Wildman–Crippen LogP) is 13.4. The average Bonchev–Trinajstić information content (AvgIpc) is 3.95. The molecule has 2 atom stereocenters. The molecule has 9 aromatic rings. The number of benzene rings is 6. The number of allylic oxidation sites excluding steroid dienone is 5. The molecular formula is C51H37N5S. The van der Waals surface area contributed by atoms with E-state index < -0.39 is 0 Å². The molecule has 0 N–H and O–H groups in total. The van der Waals surface area contributed by atoms with Crippen molar-refractivity contribution in [1.82, 2.24) is 19.5 Å². The standard InChI is InChI=1S/C51H37N5S/c1-4-16-32(17-5-1)49-52-50(33-18-6-2-7-19-33)54-51(53-49)41-30-35(31-45-46(41)40-24-12-15-27-44(40)57-45)56-43-26-14-11-23-37(43)39-29-28-38-36-22-10-13-25-42(36)55(47(38)48(39)56)34-20-8-3-9-21-34/h1,3-6,8-12,14-24,26-31,36,42H,2,7,13,25H2. The summed E-state index contributed by atoms with van der Waals surface area (Å²) in [6.07, 6.45) is 15.7. The SMILES string of the molecule is C1=CC(c2nc(-c3ccccc3)nc(-c3cc(-n4c5ccccc5c5ccc6c(c54)N(c4ccccc4)C4CCC=CC64)cc4sc5ccccc5c34)n2)=CCC1. The van der Waals surface area contributed by atoms with Gasteiger partial charge in [0.1, 0.15) is 0 Å². The Hall–Kier alpha value is -6.63. The van der Waals surface area contributed by atoms with Crippen molar-refractivity contribution in [3.05, 3.63) is 175 Å². The smallest absolute Gasteiger partial charge is 0.164 e. The molecule has 2 aliphatic carbocycles. The fourth-order valence-electron chi connectivity index (χ4n) is 9.61. The van der Waals surface area contributed by atoms with Crippen LogP contribution in [0.3, 0.4) is 0 Å². The van der Waals surface area contributed by atoms with E-state index in [0.29, 0.717) is 29.4 Å². The van der Waals surface area contributed by atoms with Crippen molar-refractivity contribution in [2.24, 2.45) is 0 Å².